The molecule has 1 aromatic carbocycles. The van der Waals surface area contributed by atoms with Crippen LogP contribution < -0.4 is 16.4 Å². The third-order valence-electron chi connectivity index (χ3n) is 3.27. The Hall–Kier alpha value is -2.53. The van der Waals surface area contributed by atoms with Gasteiger partial charge in [-0.3, -0.25) is 10.1 Å². The van der Waals surface area contributed by atoms with Crippen molar-refractivity contribution in [2.75, 3.05) is 18.1 Å². The third kappa shape index (κ3) is 4.99. The first-order valence-electron chi connectivity index (χ1n) is 7.38. The SMILES string of the molecule is Cc1nc(NC(=O)NCCC(N)=O)sc1-c1ccc(S(C)(=O)=O)c(F)c1. The molecule has 0 aliphatic rings. The molecule has 11 heteroatoms. The molecule has 0 aliphatic carbocycles. The standard InChI is InChI=1S/C15H17FN4O4S2/c1-8-13(9-3-4-11(10(16)7-9)26(2,23)24)25-15(19-8)20-14(22)18-6-5-12(17)21/h3-4,7H,5-6H2,1-2H3,(H2,17,21)(H2,18,19,20,22). The summed E-state index contributed by atoms with van der Waals surface area (Å²) in [4.78, 5) is 26.8. The lowest BCUT2D eigenvalue weighted by Gasteiger charge is -2.04. The van der Waals surface area contributed by atoms with Gasteiger partial charge >= 0.3 is 6.03 Å². The van der Waals surface area contributed by atoms with E-state index in [-0.39, 0.29) is 23.0 Å². The largest absolute Gasteiger partial charge is 0.370 e. The Balaban J connectivity index is 2.16. The number of urea groups is 1. The van der Waals surface area contributed by atoms with E-state index in [4.69, 9.17) is 5.73 Å². The molecule has 8 nitrogen and oxygen atoms in total. The molecule has 26 heavy (non-hydrogen) atoms. The van der Waals surface area contributed by atoms with Crippen LogP contribution in [0.25, 0.3) is 10.4 Å². The Morgan fingerprint density at radius 2 is 2.04 bits per heavy atom. The van der Waals surface area contributed by atoms with Crippen molar-refractivity contribution in [3.63, 3.8) is 0 Å². The van der Waals surface area contributed by atoms with Gasteiger partial charge in [0.2, 0.25) is 5.91 Å². The van der Waals surface area contributed by atoms with Crippen molar-refractivity contribution in [1.82, 2.24) is 10.3 Å². The summed E-state index contributed by atoms with van der Waals surface area (Å²) in [5, 5.41) is 5.25. The molecule has 0 unspecified atom stereocenters. The van der Waals surface area contributed by atoms with Crippen molar-refractivity contribution in [3.05, 3.63) is 29.7 Å². The molecule has 140 valence electrons. The number of hydrogen-bond donors (Lipinski definition) is 3. The van der Waals surface area contributed by atoms with Gasteiger partial charge in [0, 0.05) is 19.2 Å². The molecule has 0 atom stereocenters. The summed E-state index contributed by atoms with van der Waals surface area (Å²) < 4.78 is 37.1. The maximum Gasteiger partial charge on any atom is 0.321 e. The molecule has 1 aromatic heterocycles. The first kappa shape index (κ1) is 19.8. The maximum atomic E-state index is 14.1. The normalized spacial score (nSPS) is 11.2. The Morgan fingerprint density at radius 3 is 2.62 bits per heavy atom. The Kier molecular flexibility index (Phi) is 5.93. The van der Waals surface area contributed by atoms with Crippen LogP contribution in [0.3, 0.4) is 0 Å². The highest BCUT2D eigenvalue weighted by Crippen LogP contribution is 2.34. The van der Waals surface area contributed by atoms with E-state index >= 15 is 0 Å². The molecule has 0 fully saturated rings. The lowest BCUT2D eigenvalue weighted by molar-refractivity contribution is -0.117. The van der Waals surface area contributed by atoms with Crippen LogP contribution in [0.5, 0.6) is 0 Å². The molecule has 0 bridgehead atoms. The zero-order valence-electron chi connectivity index (χ0n) is 14.0. The molecular formula is C15H17FN4O4S2. The van der Waals surface area contributed by atoms with Gasteiger partial charge in [0.1, 0.15) is 10.7 Å². The molecule has 0 saturated carbocycles. The van der Waals surface area contributed by atoms with Crippen LogP contribution >= 0.6 is 11.3 Å². The summed E-state index contributed by atoms with van der Waals surface area (Å²) in [6.07, 6.45) is 0.948. The van der Waals surface area contributed by atoms with E-state index in [1.165, 1.54) is 12.1 Å². The Bertz CT molecular complexity index is 957. The molecule has 1 heterocycles. The van der Waals surface area contributed by atoms with Crippen LogP contribution in [-0.4, -0.2) is 38.1 Å². The highest BCUT2D eigenvalue weighted by atomic mass is 32.2. The van der Waals surface area contributed by atoms with E-state index in [2.05, 4.69) is 15.6 Å². The van der Waals surface area contributed by atoms with Gasteiger partial charge < -0.3 is 11.1 Å². The average molecular weight is 400 g/mol. The number of halogens is 1. The van der Waals surface area contributed by atoms with Gasteiger partial charge in [-0.25, -0.2) is 22.6 Å². The minimum atomic E-state index is -3.65. The zero-order chi connectivity index (χ0) is 19.5. The quantitative estimate of drug-likeness (QED) is 0.679. The van der Waals surface area contributed by atoms with Crippen molar-refractivity contribution in [2.24, 2.45) is 5.73 Å². The number of primary amides is 1. The highest BCUT2D eigenvalue weighted by molar-refractivity contribution is 7.90. The first-order valence-corrected chi connectivity index (χ1v) is 10.1. The summed E-state index contributed by atoms with van der Waals surface area (Å²) in [6, 6.07) is 3.25. The number of carbonyl (C=O) groups excluding carboxylic acids is 2. The summed E-state index contributed by atoms with van der Waals surface area (Å²) >= 11 is 1.11. The minimum absolute atomic E-state index is 0.0154. The Morgan fingerprint density at radius 1 is 1.35 bits per heavy atom. The van der Waals surface area contributed by atoms with Gasteiger partial charge in [-0.15, -0.1) is 0 Å². The molecule has 4 N–H and O–H groups in total. The van der Waals surface area contributed by atoms with Crippen molar-refractivity contribution >= 4 is 38.2 Å². The number of carbonyl (C=O) groups is 2. The number of sulfone groups is 1. The highest BCUT2D eigenvalue weighted by Gasteiger charge is 2.17. The van der Waals surface area contributed by atoms with Crippen LogP contribution in [0.1, 0.15) is 12.1 Å². The third-order valence-corrected chi connectivity index (χ3v) is 5.52. The van der Waals surface area contributed by atoms with Gasteiger partial charge in [-0.2, -0.15) is 0 Å². The van der Waals surface area contributed by atoms with Gasteiger partial charge in [0.25, 0.3) is 0 Å². The van der Waals surface area contributed by atoms with E-state index in [1.54, 1.807) is 6.92 Å². The van der Waals surface area contributed by atoms with Gasteiger partial charge in [0.05, 0.1) is 10.6 Å². The zero-order valence-corrected chi connectivity index (χ0v) is 15.6. The average Bonchev–Trinajstić information content (AvgIpc) is 2.85. The maximum absolute atomic E-state index is 14.1. The van der Waals surface area contributed by atoms with Crippen LogP contribution in [0.4, 0.5) is 14.3 Å². The fourth-order valence-electron chi connectivity index (χ4n) is 2.10. The number of amides is 3. The minimum Gasteiger partial charge on any atom is -0.370 e. The van der Waals surface area contributed by atoms with Crippen molar-refractivity contribution < 1.29 is 22.4 Å². The summed E-state index contributed by atoms with van der Waals surface area (Å²) in [7, 11) is -3.65. The number of nitrogens with one attached hydrogen (secondary N) is 2. The van der Waals surface area contributed by atoms with Crippen molar-refractivity contribution in [2.45, 2.75) is 18.2 Å². The molecule has 0 saturated heterocycles. The molecule has 0 aliphatic heterocycles. The smallest absolute Gasteiger partial charge is 0.321 e. The van der Waals surface area contributed by atoms with Gasteiger partial charge in [-0.05, 0) is 24.6 Å². The van der Waals surface area contributed by atoms with Crippen molar-refractivity contribution in [3.8, 4) is 10.4 Å². The molecule has 3 amide bonds. The van der Waals surface area contributed by atoms with Gasteiger partial charge in [-0.1, -0.05) is 17.4 Å². The predicted molar refractivity (Wildman–Crippen MR) is 96.2 cm³/mol. The topological polar surface area (TPSA) is 131 Å². The lowest BCUT2D eigenvalue weighted by Crippen LogP contribution is -2.31. The number of nitrogens with zero attached hydrogens (tertiary/aromatic N) is 1. The van der Waals surface area contributed by atoms with E-state index in [1.807, 2.05) is 0 Å². The molecule has 2 aromatic rings. The van der Waals surface area contributed by atoms with E-state index in [0.717, 1.165) is 23.7 Å². The number of anilines is 1. The van der Waals surface area contributed by atoms with E-state index in [0.29, 0.717) is 16.1 Å². The second-order valence-corrected chi connectivity index (χ2v) is 8.43. The number of benzene rings is 1. The number of thiazole rings is 1. The summed E-state index contributed by atoms with van der Waals surface area (Å²) in [5.41, 5.74) is 5.98. The Labute approximate surface area is 153 Å². The predicted octanol–water partition coefficient (Wildman–Crippen LogP) is 1.66. The monoisotopic (exact) mass is 400 g/mol. The van der Waals surface area contributed by atoms with E-state index in [9.17, 15) is 22.4 Å². The molecular weight excluding hydrogens is 383 g/mol. The fourth-order valence-corrected chi connectivity index (χ4v) is 3.79. The van der Waals surface area contributed by atoms with Crippen LogP contribution in [-0.2, 0) is 14.6 Å². The van der Waals surface area contributed by atoms with Crippen LogP contribution in [0.15, 0.2) is 23.1 Å². The van der Waals surface area contributed by atoms with Crippen LogP contribution in [0, 0.1) is 12.7 Å². The molecule has 0 radical (unpaired) electrons. The molecule has 0 spiro atoms. The van der Waals surface area contributed by atoms with E-state index < -0.39 is 27.6 Å². The molecule has 2 rings (SSSR count). The summed E-state index contributed by atoms with van der Waals surface area (Å²) in [5.74, 6) is -1.38. The summed E-state index contributed by atoms with van der Waals surface area (Å²) in [6.45, 7) is 1.78. The second kappa shape index (κ2) is 7.79. The fraction of sp³-hybridized carbons (Fsp3) is 0.267. The first-order chi connectivity index (χ1) is 12.1. The number of nitrogens with two attached hydrogens (primary N) is 1. The van der Waals surface area contributed by atoms with Crippen molar-refractivity contribution in [1.29, 1.82) is 0 Å². The number of rotatable bonds is 6. The van der Waals surface area contributed by atoms with Gasteiger partial charge in [0.15, 0.2) is 15.0 Å². The van der Waals surface area contributed by atoms with Crippen LogP contribution in [0.2, 0.25) is 0 Å². The number of hydrogen-bond acceptors (Lipinski definition) is 6. The second-order valence-electron chi connectivity index (χ2n) is 5.45. The lowest BCUT2D eigenvalue weighted by atomic mass is 10.1. The number of aromatic nitrogens is 1. The number of aryl methyl sites for hydroxylation is 1.